The Labute approximate surface area is 191 Å². The number of nitrogens with zero attached hydrogens (tertiary/aromatic N) is 2. The molecule has 6 heteroatoms. The van der Waals surface area contributed by atoms with Gasteiger partial charge in [-0.3, -0.25) is 14.2 Å². The van der Waals surface area contributed by atoms with E-state index in [1.807, 2.05) is 80.6 Å². The number of aryl methyl sites for hydroxylation is 2. The Balaban J connectivity index is 1.58. The summed E-state index contributed by atoms with van der Waals surface area (Å²) in [6, 6.07) is 23.4. The number of benzene rings is 3. The maximum absolute atomic E-state index is 13.4. The standard InChI is InChI=1S/C26H25N3O2S/c1-18-12-13-19(2)23(16-18)29-25(31)21-10-6-7-11-22(21)28-26(29)32-17-24(30)27-15-14-20-8-4-3-5-9-20/h3-13,16H,14-15,17H2,1-2H3,(H,27,30). The molecule has 5 nitrogen and oxygen atoms in total. The molecular weight excluding hydrogens is 418 g/mol. The summed E-state index contributed by atoms with van der Waals surface area (Å²) < 4.78 is 1.63. The van der Waals surface area contributed by atoms with Crippen LogP contribution in [0.2, 0.25) is 0 Å². The maximum Gasteiger partial charge on any atom is 0.266 e. The molecular formula is C26H25N3O2S. The first-order chi connectivity index (χ1) is 15.5. The van der Waals surface area contributed by atoms with Crippen molar-refractivity contribution < 1.29 is 4.79 Å². The highest BCUT2D eigenvalue weighted by Gasteiger charge is 2.16. The molecule has 0 unspecified atom stereocenters. The van der Waals surface area contributed by atoms with E-state index < -0.39 is 0 Å². The lowest BCUT2D eigenvalue weighted by atomic mass is 10.1. The Kier molecular flexibility index (Phi) is 6.71. The summed E-state index contributed by atoms with van der Waals surface area (Å²) in [5.74, 6) is 0.102. The number of thioether (sulfide) groups is 1. The second-order valence-electron chi connectivity index (χ2n) is 7.72. The first-order valence-electron chi connectivity index (χ1n) is 10.6. The molecule has 0 atom stereocenters. The zero-order chi connectivity index (χ0) is 22.5. The number of aromatic nitrogens is 2. The third-order valence-electron chi connectivity index (χ3n) is 5.26. The van der Waals surface area contributed by atoms with Crippen molar-refractivity contribution in [1.82, 2.24) is 14.9 Å². The van der Waals surface area contributed by atoms with E-state index >= 15 is 0 Å². The zero-order valence-electron chi connectivity index (χ0n) is 18.2. The van der Waals surface area contributed by atoms with Crippen LogP contribution in [0.3, 0.4) is 0 Å². The number of hydrogen-bond acceptors (Lipinski definition) is 4. The first-order valence-corrected chi connectivity index (χ1v) is 11.5. The summed E-state index contributed by atoms with van der Waals surface area (Å²) in [4.78, 5) is 30.6. The fourth-order valence-electron chi connectivity index (χ4n) is 3.55. The van der Waals surface area contributed by atoms with E-state index in [2.05, 4.69) is 5.32 Å². The van der Waals surface area contributed by atoms with E-state index in [4.69, 9.17) is 4.98 Å². The molecule has 4 aromatic rings. The zero-order valence-corrected chi connectivity index (χ0v) is 19.0. The molecule has 32 heavy (non-hydrogen) atoms. The lowest BCUT2D eigenvalue weighted by molar-refractivity contribution is -0.118. The van der Waals surface area contributed by atoms with Crippen molar-refractivity contribution in [3.63, 3.8) is 0 Å². The molecule has 0 aliphatic carbocycles. The molecule has 1 N–H and O–H groups in total. The lowest BCUT2D eigenvalue weighted by Crippen LogP contribution is -2.28. The van der Waals surface area contributed by atoms with Crippen molar-refractivity contribution in [2.45, 2.75) is 25.4 Å². The van der Waals surface area contributed by atoms with Crippen LogP contribution in [0.4, 0.5) is 0 Å². The highest BCUT2D eigenvalue weighted by molar-refractivity contribution is 7.99. The number of nitrogens with one attached hydrogen (secondary N) is 1. The van der Waals surface area contributed by atoms with Gasteiger partial charge >= 0.3 is 0 Å². The molecule has 0 radical (unpaired) electrons. The molecule has 1 amide bonds. The maximum atomic E-state index is 13.4. The van der Waals surface area contributed by atoms with Crippen molar-refractivity contribution in [3.8, 4) is 5.69 Å². The van der Waals surface area contributed by atoms with Crippen LogP contribution >= 0.6 is 11.8 Å². The van der Waals surface area contributed by atoms with Gasteiger partial charge in [0.1, 0.15) is 0 Å². The topological polar surface area (TPSA) is 64.0 Å². The third kappa shape index (κ3) is 4.92. The van der Waals surface area contributed by atoms with E-state index in [1.165, 1.54) is 17.3 Å². The average molecular weight is 444 g/mol. The van der Waals surface area contributed by atoms with Crippen LogP contribution in [0.1, 0.15) is 16.7 Å². The normalized spacial score (nSPS) is 10.9. The summed E-state index contributed by atoms with van der Waals surface area (Å²) in [5, 5.41) is 4.03. The molecule has 0 aliphatic rings. The molecule has 0 saturated carbocycles. The van der Waals surface area contributed by atoms with Crippen LogP contribution in [-0.2, 0) is 11.2 Å². The average Bonchev–Trinajstić information content (AvgIpc) is 2.80. The molecule has 0 aliphatic heterocycles. The van der Waals surface area contributed by atoms with Gasteiger partial charge in [0.15, 0.2) is 5.16 Å². The van der Waals surface area contributed by atoms with E-state index in [1.54, 1.807) is 10.6 Å². The molecule has 0 fully saturated rings. The Morgan fingerprint density at radius 1 is 1.00 bits per heavy atom. The second-order valence-corrected chi connectivity index (χ2v) is 8.66. The summed E-state index contributed by atoms with van der Waals surface area (Å²) in [5.41, 5.74) is 4.51. The molecule has 4 rings (SSSR count). The fraction of sp³-hybridized carbons (Fsp3) is 0.192. The van der Waals surface area contributed by atoms with Crippen LogP contribution in [0.5, 0.6) is 0 Å². The Morgan fingerprint density at radius 3 is 2.56 bits per heavy atom. The molecule has 3 aromatic carbocycles. The van der Waals surface area contributed by atoms with Crippen LogP contribution in [-0.4, -0.2) is 27.8 Å². The number of rotatable bonds is 7. The molecule has 1 heterocycles. The smallest absolute Gasteiger partial charge is 0.266 e. The molecule has 162 valence electrons. The van der Waals surface area contributed by atoms with Gasteiger partial charge in [-0.05, 0) is 55.2 Å². The molecule has 0 saturated heterocycles. The SMILES string of the molecule is Cc1ccc(C)c(-n2c(SCC(=O)NCCc3ccccc3)nc3ccccc3c2=O)c1. The van der Waals surface area contributed by atoms with Crippen LogP contribution in [0, 0.1) is 13.8 Å². The minimum absolute atomic E-state index is 0.0825. The van der Waals surface area contributed by atoms with Gasteiger partial charge in [-0.2, -0.15) is 0 Å². The predicted molar refractivity (Wildman–Crippen MR) is 131 cm³/mol. The van der Waals surface area contributed by atoms with Crippen LogP contribution in [0.15, 0.2) is 82.7 Å². The van der Waals surface area contributed by atoms with E-state index in [-0.39, 0.29) is 17.2 Å². The van der Waals surface area contributed by atoms with Gasteiger partial charge in [0.05, 0.1) is 22.3 Å². The number of hydrogen-bond donors (Lipinski definition) is 1. The quantitative estimate of drug-likeness (QED) is 0.339. The summed E-state index contributed by atoms with van der Waals surface area (Å²) >= 11 is 1.28. The number of amides is 1. The van der Waals surface area contributed by atoms with Gasteiger partial charge in [0.25, 0.3) is 5.56 Å². The first kappa shape index (κ1) is 21.8. The number of fused-ring (bicyclic) bond motifs is 1. The van der Waals surface area contributed by atoms with Crippen LogP contribution < -0.4 is 10.9 Å². The predicted octanol–water partition coefficient (Wildman–Crippen LogP) is 4.45. The van der Waals surface area contributed by atoms with Gasteiger partial charge in [0.2, 0.25) is 5.91 Å². The van der Waals surface area contributed by atoms with Gasteiger partial charge in [-0.1, -0.05) is 66.4 Å². The van der Waals surface area contributed by atoms with Crippen molar-refractivity contribution in [2.24, 2.45) is 0 Å². The lowest BCUT2D eigenvalue weighted by Gasteiger charge is -2.15. The van der Waals surface area contributed by atoms with Gasteiger partial charge in [0, 0.05) is 6.54 Å². The monoisotopic (exact) mass is 443 g/mol. The second kappa shape index (κ2) is 9.83. The summed E-state index contributed by atoms with van der Waals surface area (Å²) in [6.07, 6.45) is 0.776. The summed E-state index contributed by atoms with van der Waals surface area (Å²) in [7, 11) is 0. The molecule has 0 bridgehead atoms. The van der Waals surface area contributed by atoms with Crippen molar-refractivity contribution in [1.29, 1.82) is 0 Å². The van der Waals surface area contributed by atoms with Crippen molar-refractivity contribution in [2.75, 3.05) is 12.3 Å². The van der Waals surface area contributed by atoms with Crippen LogP contribution in [0.25, 0.3) is 16.6 Å². The van der Waals surface area contributed by atoms with E-state index in [9.17, 15) is 9.59 Å². The Morgan fingerprint density at radius 2 is 1.75 bits per heavy atom. The van der Waals surface area contributed by atoms with Gasteiger partial charge < -0.3 is 5.32 Å². The van der Waals surface area contributed by atoms with Gasteiger partial charge in [-0.25, -0.2) is 4.98 Å². The van der Waals surface area contributed by atoms with E-state index in [0.717, 1.165) is 23.2 Å². The largest absolute Gasteiger partial charge is 0.355 e. The van der Waals surface area contributed by atoms with Crippen molar-refractivity contribution in [3.05, 3.63) is 99.8 Å². The highest BCUT2D eigenvalue weighted by Crippen LogP contribution is 2.23. The number of para-hydroxylation sites is 1. The minimum atomic E-state index is -0.128. The van der Waals surface area contributed by atoms with Crippen molar-refractivity contribution >= 4 is 28.6 Å². The Bertz CT molecular complexity index is 1320. The van der Waals surface area contributed by atoms with E-state index in [0.29, 0.717) is 22.6 Å². The molecule has 0 spiro atoms. The Hall–Kier alpha value is -3.38. The van der Waals surface area contributed by atoms with Gasteiger partial charge in [-0.15, -0.1) is 0 Å². The number of carbonyl (C=O) groups excluding carboxylic acids is 1. The number of carbonyl (C=O) groups is 1. The third-order valence-corrected chi connectivity index (χ3v) is 6.20. The molecule has 1 aromatic heterocycles. The summed E-state index contributed by atoms with van der Waals surface area (Å²) in [6.45, 7) is 4.54. The fourth-order valence-corrected chi connectivity index (χ4v) is 4.39. The highest BCUT2D eigenvalue weighted by atomic mass is 32.2. The minimum Gasteiger partial charge on any atom is -0.355 e.